The van der Waals surface area contributed by atoms with E-state index in [4.69, 9.17) is 0 Å². The van der Waals surface area contributed by atoms with Crippen LogP contribution in [0, 0.1) is 11.8 Å². The molecule has 2 aliphatic carbocycles. The monoisotopic (exact) mass is 197 g/mol. The van der Waals surface area contributed by atoms with Gasteiger partial charge in [-0.25, -0.2) is 0 Å². The summed E-state index contributed by atoms with van der Waals surface area (Å²) in [5.74, 6) is 1.59. The zero-order valence-corrected chi connectivity index (χ0v) is 9.28. The molecule has 2 saturated carbocycles. The molecule has 0 saturated heterocycles. The molecule has 0 spiro atoms. The van der Waals surface area contributed by atoms with E-state index >= 15 is 0 Å². The zero-order chi connectivity index (χ0) is 9.97. The molecule has 0 bridgehead atoms. The summed E-state index contributed by atoms with van der Waals surface area (Å²) in [5.41, 5.74) is 0. The van der Waals surface area contributed by atoms with Crippen molar-refractivity contribution in [2.75, 3.05) is 20.1 Å². The SMILES string of the molecule is CN(CCC1CCCC1O)CC1CC1. The topological polar surface area (TPSA) is 23.5 Å². The van der Waals surface area contributed by atoms with Gasteiger partial charge < -0.3 is 10.0 Å². The first-order valence-electron chi connectivity index (χ1n) is 6.12. The van der Waals surface area contributed by atoms with Crippen molar-refractivity contribution in [3.8, 4) is 0 Å². The van der Waals surface area contributed by atoms with Gasteiger partial charge in [0, 0.05) is 6.54 Å². The predicted molar refractivity (Wildman–Crippen MR) is 58.2 cm³/mol. The smallest absolute Gasteiger partial charge is 0.0568 e. The lowest BCUT2D eigenvalue weighted by Gasteiger charge is -2.20. The van der Waals surface area contributed by atoms with Crippen LogP contribution in [-0.2, 0) is 0 Å². The number of aliphatic hydroxyl groups is 1. The molecular weight excluding hydrogens is 174 g/mol. The summed E-state index contributed by atoms with van der Waals surface area (Å²) in [5, 5.41) is 9.68. The molecule has 0 aromatic carbocycles. The molecule has 1 N–H and O–H groups in total. The minimum Gasteiger partial charge on any atom is -0.393 e. The molecule has 2 atom stereocenters. The quantitative estimate of drug-likeness (QED) is 0.727. The Morgan fingerprint density at radius 3 is 2.57 bits per heavy atom. The lowest BCUT2D eigenvalue weighted by atomic mass is 10.0. The van der Waals surface area contributed by atoms with E-state index in [1.165, 1.54) is 45.2 Å². The van der Waals surface area contributed by atoms with Crippen molar-refractivity contribution in [1.82, 2.24) is 4.90 Å². The van der Waals surface area contributed by atoms with Crippen molar-refractivity contribution in [2.45, 2.75) is 44.6 Å². The van der Waals surface area contributed by atoms with Gasteiger partial charge in [0.2, 0.25) is 0 Å². The molecule has 0 aliphatic heterocycles. The molecule has 2 unspecified atom stereocenters. The molecule has 2 fully saturated rings. The summed E-state index contributed by atoms with van der Waals surface area (Å²) in [7, 11) is 2.22. The standard InChI is InChI=1S/C12H23NO/c1-13(9-10-5-6-10)8-7-11-3-2-4-12(11)14/h10-12,14H,2-9H2,1H3. The van der Waals surface area contributed by atoms with E-state index in [2.05, 4.69) is 11.9 Å². The van der Waals surface area contributed by atoms with Crippen LogP contribution in [0.1, 0.15) is 38.5 Å². The average Bonchev–Trinajstić information content (AvgIpc) is 2.86. The van der Waals surface area contributed by atoms with Crippen molar-refractivity contribution < 1.29 is 5.11 Å². The Morgan fingerprint density at radius 1 is 1.21 bits per heavy atom. The highest BCUT2D eigenvalue weighted by Gasteiger charge is 2.26. The van der Waals surface area contributed by atoms with Crippen LogP contribution >= 0.6 is 0 Å². The molecule has 0 heterocycles. The first-order chi connectivity index (χ1) is 6.75. The van der Waals surface area contributed by atoms with E-state index in [-0.39, 0.29) is 6.10 Å². The second-order valence-electron chi connectivity index (χ2n) is 5.25. The van der Waals surface area contributed by atoms with E-state index in [9.17, 15) is 5.11 Å². The van der Waals surface area contributed by atoms with Crippen molar-refractivity contribution in [2.24, 2.45) is 11.8 Å². The highest BCUT2D eigenvalue weighted by Crippen LogP contribution is 2.31. The average molecular weight is 197 g/mol. The van der Waals surface area contributed by atoms with Crippen LogP contribution in [0.4, 0.5) is 0 Å². The third-order valence-electron chi connectivity index (χ3n) is 3.77. The van der Waals surface area contributed by atoms with Crippen molar-refractivity contribution >= 4 is 0 Å². The predicted octanol–water partition coefficient (Wildman–Crippen LogP) is 1.88. The van der Waals surface area contributed by atoms with Crippen molar-refractivity contribution in [3.63, 3.8) is 0 Å². The molecular formula is C12H23NO. The van der Waals surface area contributed by atoms with Crippen molar-refractivity contribution in [3.05, 3.63) is 0 Å². The highest BCUT2D eigenvalue weighted by molar-refractivity contribution is 4.79. The van der Waals surface area contributed by atoms with Gasteiger partial charge in [-0.3, -0.25) is 0 Å². The number of hydrogen-bond acceptors (Lipinski definition) is 2. The highest BCUT2D eigenvalue weighted by atomic mass is 16.3. The van der Waals surface area contributed by atoms with Crippen LogP contribution < -0.4 is 0 Å². The van der Waals surface area contributed by atoms with E-state index in [1.54, 1.807) is 0 Å². The molecule has 14 heavy (non-hydrogen) atoms. The summed E-state index contributed by atoms with van der Waals surface area (Å²) in [4.78, 5) is 2.45. The molecule has 0 radical (unpaired) electrons. The van der Waals surface area contributed by atoms with E-state index in [1.807, 2.05) is 0 Å². The maximum atomic E-state index is 9.68. The Bertz CT molecular complexity index is 179. The van der Waals surface area contributed by atoms with Crippen molar-refractivity contribution in [1.29, 1.82) is 0 Å². The van der Waals surface area contributed by atoms with Gasteiger partial charge in [-0.05, 0) is 57.5 Å². The van der Waals surface area contributed by atoms with E-state index < -0.39 is 0 Å². The normalized spacial score (nSPS) is 32.8. The number of hydrogen-bond donors (Lipinski definition) is 1. The molecule has 82 valence electrons. The Morgan fingerprint density at radius 2 is 2.00 bits per heavy atom. The lowest BCUT2D eigenvalue weighted by Crippen LogP contribution is -2.26. The summed E-state index contributed by atoms with van der Waals surface area (Å²) >= 11 is 0. The minimum absolute atomic E-state index is 0.00400. The first kappa shape index (κ1) is 10.4. The summed E-state index contributed by atoms with van der Waals surface area (Å²) < 4.78 is 0. The van der Waals surface area contributed by atoms with Gasteiger partial charge in [0.15, 0.2) is 0 Å². The third kappa shape index (κ3) is 2.96. The molecule has 2 rings (SSSR count). The van der Waals surface area contributed by atoms with E-state index in [0.717, 1.165) is 12.3 Å². The summed E-state index contributed by atoms with van der Waals surface area (Å²) in [6.07, 6.45) is 7.61. The fraction of sp³-hybridized carbons (Fsp3) is 1.00. The Hall–Kier alpha value is -0.0800. The maximum absolute atomic E-state index is 9.68. The Labute approximate surface area is 87.3 Å². The first-order valence-corrected chi connectivity index (χ1v) is 6.12. The molecule has 0 amide bonds. The Kier molecular flexibility index (Phi) is 3.45. The van der Waals surface area contributed by atoms with Gasteiger partial charge in [-0.2, -0.15) is 0 Å². The van der Waals surface area contributed by atoms with Gasteiger partial charge in [-0.1, -0.05) is 6.42 Å². The number of rotatable bonds is 5. The summed E-state index contributed by atoms with van der Waals surface area (Å²) in [6, 6.07) is 0. The van der Waals surface area contributed by atoms with Crippen LogP contribution in [0.3, 0.4) is 0 Å². The molecule has 2 heteroatoms. The summed E-state index contributed by atoms with van der Waals surface area (Å²) in [6.45, 7) is 2.46. The fourth-order valence-electron chi connectivity index (χ4n) is 2.57. The van der Waals surface area contributed by atoms with Crippen LogP contribution in [0.25, 0.3) is 0 Å². The third-order valence-corrected chi connectivity index (χ3v) is 3.77. The second kappa shape index (κ2) is 4.63. The van der Waals surface area contributed by atoms with E-state index in [0.29, 0.717) is 5.92 Å². The number of nitrogens with zero attached hydrogens (tertiary/aromatic N) is 1. The number of aliphatic hydroxyl groups excluding tert-OH is 1. The van der Waals surface area contributed by atoms with Crippen LogP contribution in [-0.4, -0.2) is 36.2 Å². The molecule has 2 aliphatic rings. The van der Waals surface area contributed by atoms with Crippen LogP contribution in [0.2, 0.25) is 0 Å². The lowest BCUT2D eigenvalue weighted by molar-refractivity contribution is 0.120. The largest absolute Gasteiger partial charge is 0.393 e. The maximum Gasteiger partial charge on any atom is 0.0568 e. The van der Waals surface area contributed by atoms with Gasteiger partial charge in [0.1, 0.15) is 0 Å². The second-order valence-corrected chi connectivity index (χ2v) is 5.25. The van der Waals surface area contributed by atoms with Crippen LogP contribution in [0.15, 0.2) is 0 Å². The van der Waals surface area contributed by atoms with Gasteiger partial charge in [0.25, 0.3) is 0 Å². The van der Waals surface area contributed by atoms with Gasteiger partial charge in [0.05, 0.1) is 6.10 Å². The molecule has 2 nitrogen and oxygen atoms in total. The fourth-order valence-corrected chi connectivity index (χ4v) is 2.57. The Balaban J connectivity index is 1.60. The molecule has 0 aromatic rings. The minimum atomic E-state index is 0.00400. The zero-order valence-electron chi connectivity index (χ0n) is 9.28. The van der Waals surface area contributed by atoms with Crippen LogP contribution in [0.5, 0.6) is 0 Å². The van der Waals surface area contributed by atoms with Gasteiger partial charge in [-0.15, -0.1) is 0 Å². The molecule has 0 aromatic heterocycles. The van der Waals surface area contributed by atoms with Gasteiger partial charge >= 0.3 is 0 Å².